The molecule has 2 heterocycles. The van der Waals surface area contributed by atoms with Gasteiger partial charge in [-0.1, -0.05) is 23.9 Å². The number of carbonyl (C=O) groups excluding carboxylic acids is 2. The zero-order chi connectivity index (χ0) is 21.3. The highest BCUT2D eigenvalue weighted by Gasteiger charge is 2.31. The molecular formula is C19H22N4O5S2. The van der Waals surface area contributed by atoms with E-state index in [0.29, 0.717) is 35.7 Å². The molecule has 1 saturated heterocycles. The Morgan fingerprint density at radius 2 is 1.77 bits per heavy atom. The molecule has 0 radical (unpaired) electrons. The van der Waals surface area contributed by atoms with Crippen molar-refractivity contribution in [1.82, 2.24) is 19.4 Å². The van der Waals surface area contributed by atoms with Crippen LogP contribution in [0.5, 0.6) is 0 Å². The minimum Gasteiger partial charge on any atom is -0.416 e. The topological polar surface area (TPSA) is 114 Å². The fraction of sp³-hybridized carbons (Fsp3) is 0.474. The van der Waals surface area contributed by atoms with Crippen molar-refractivity contribution < 1.29 is 22.4 Å². The van der Waals surface area contributed by atoms with Crippen molar-refractivity contribution in [3.05, 3.63) is 35.7 Å². The van der Waals surface area contributed by atoms with Crippen molar-refractivity contribution >= 4 is 33.5 Å². The van der Waals surface area contributed by atoms with Gasteiger partial charge in [0.2, 0.25) is 21.8 Å². The smallest absolute Gasteiger partial charge is 0.277 e. The average Bonchev–Trinajstić information content (AvgIpc) is 3.50. The van der Waals surface area contributed by atoms with Crippen LogP contribution in [-0.4, -0.2) is 71.4 Å². The van der Waals surface area contributed by atoms with Crippen LogP contribution in [0.3, 0.4) is 0 Å². The van der Waals surface area contributed by atoms with Crippen LogP contribution < -0.4 is 0 Å². The Kier molecular flexibility index (Phi) is 5.94. The van der Waals surface area contributed by atoms with E-state index in [1.165, 1.54) is 47.3 Å². The Morgan fingerprint density at radius 3 is 2.37 bits per heavy atom. The van der Waals surface area contributed by atoms with E-state index >= 15 is 0 Å². The van der Waals surface area contributed by atoms with Crippen molar-refractivity contribution in [1.29, 1.82) is 0 Å². The number of Topliss-reactive ketones (excluding diaryl/α,β-unsaturated/α-hetero) is 1. The highest BCUT2D eigenvalue weighted by molar-refractivity contribution is 7.99. The first-order valence-corrected chi connectivity index (χ1v) is 12.1. The monoisotopic (exact) mass is 450 g/mol. The number of carbonyl (C=O) groups is 2. The van der Waals surface area contributed by atoms with Crippen LogP contribution in [0.15, 0.2) is 38.8 Å². The van der Waals surface area contributed by atoms with Crippen molar-refractivity contribution in [3.8, 4) is 0 Å². The quantitative estimate of drug-likeness (QED) is 0.463. The van der Waals surface area contributed by atoms with Gasteiger partial charge in [0.05, 0.1) is 10.6 Å². The summed E-state index contributed by atoms with van der Waals surface area (Å²) in [5.41, 5.74) is 0.465. The summed E-state index contributed by atoms with van der Waals surface area (Å²) in [4.78, 5) is 25.6. The van der Waals surface area contributed by atoms with Crippen LogP contribution in [0.2, 0.25) is 0 Å². The number of aromatic nitrogens is 2. The van der Waals surface area contributed by atoms with Gasteiger partial charge in [-0.05, 0) is 31.9 Å². The molecule has 1 aliphatic carbocycles. The number of hydrogen-bond acceptors (Lipinski definition) is 8. The number of rotatable bonds is 7. The molecule has 1 saturated carbocycles. The molecule has 2 fully saturated rings. The van der Waals surface area contributed by atoms with Gasteiger partial charge in [-0.2, -0.15) is 4.31 Å². The molecule has 1 aromatic carbocycles. The number of benzene rings is 1. The lowest BCUT2D eigenvalue weighted by Crippen LogP contribution is -2.50. The average molecular weight is 451 g/mol. The lowest BCUT2D eigenvalue weighted by Gasteiger charge is -2.34. The molecule has 160 valence electrons. The maximum Gasteiger partial charge on any atom is 0.277 e. The molecule has 0 atom stereocenters. The summed E-state index contributed by atoms with van der Waals surface area (Å²) < 4.78 is 32.6. The van der Waals surface area contributed by atoms with Crippen LogP contribution in [0, 0.1) is 0 Å². The highest BCUT2D eigenvalue weighted by Crippen LogP contribution is 2.39. The van der Waals surface area contributed by atoms with Gasteiger partial charge < -0.3 is 9.32 Å². The van der Waals surface area contributed by atoms with Gasteiger partial charge in [-0.3, -0.25) is 9.59 Å². The third-order valence-electron chi connectivity index (χ3n) is 5.16. The molecule has 30 heavy (non-hydrogen) atoms. The first kappa shape index (κ1) is 21.0. The Morgan fingerprint density at radius 1 is 1.10 bits per heavy atom. The van der Waals surface area contributed by atoms with Crippen molar-refractivity contribution in [3.63, 3.8) is 0 Å². The van der Waals surface area contributed by atoms with Crippen molar-refractivity contribution in [2.45, 2.75) is 35.8 Å². The maximum atomic E-state index is 12.8. The van der Waals surface area contributed by atoms with Crippen LogP contribution in [0.1, 0.15) is 41.9 Å². The number of sulfonamides is 1. The predicted molar refractivity (Wildman–Crippen MR) is 109 cm³/mol. The van der Waals surface area contributed by atoms with E-state index in [1.807, 2.05) is 0 Å². The van der Waals surface area contributed by atoms with Gasteiger partial charge >= 0.3 is 0 Å². The third kappa shape index (κ3) is 4.57. The Labute approximate surface area is 178 Å². The zero-order valence-electron chi connectivity index (χ0n) is 16.5. The maximum absolute atomic E-state index is 12.8. The van der Waals surface area contributed by atoms with Crippen LogP contribution in [-0.2, 0) is 14.8 Å². The molecular weight excluding hydrogens is 428 g/mol. The molecule has 1 amide bonds. The van der Waals surface area contributed by atoms with E-state index in [9.17, 15) is 18.0 Å². The van der Waals surface area contributed by atoms with Gasteiger partial charge in [0.1, 0.15) is 0 Å². The van der Waals surface area contributed by atoms with Gasteiger partial charge in [0.25, 0.3) is 5.22 Å². The molecule has 0 unspecified atom stereocenters. The van der Waals surface area contributed by atoms with Gasteiger partial charge in [0, 0.05) is 37.7 Å². The lowest BCUT2D eigenvalue weighted by atomic mass is 10.2. The predicted octanol–water partition coefficient (Wildman–Crippen LogP) is 1.77. The van der Waals surface area contributed by atoms with Crippen molar-refractivity contribution in [2.75, 3.05) is 31.9 Å². The van der Waals surface area contributed by atoms with E-state index in [-0.39, 0.29) is 35.4 Å². The molecule has 2 aromatic rings. The Hall–Kier alpha value is -2.24. The summed E-state index contributed by atoms with van der Waals surface area (Å²) in [6.45, 7) is 2.52. The molecule has 1 aliphatic heterocycles. The van der Waals surface area contributed by atoms with E-state index in [2.05, 4.69) is 10.2 Å². The summed E-state index contributed by atoms with van der Waals surface area (Å²) in [7, 11) is -3.66. The van der Waals surface area contributed by atoms with Crippen LogP contribution >= 0.6 is 11.8 Å². The molecule has 11 heteroatoms. The summed E-state index contributed by atoms with van der Waals surface area (Å²) in [5.74, 6) is 0.976. The minimum absolute atomic E-state index is 0.0889. The van der Waals surface area contributed by atoms with Gasteiger partial charge in [-0.15, -0.1) is 10.2 Å². The largest absolute Gasteiger partial charge is 0.416 e. The van der Waals surface area contributed by atoms with E-state index in [1.54, 1.807) is 4.90 Å². The standard InChI is InChI=1S/C19H22N4O5S2/c1-13(24)14-4-6-16(7-5-14)30(26,27)23-10-8-22(9-11-23)17(25)12-29-19-21-20-18(28-19)15-2-3-15/h4-7,15H,2-3,8-12H2,1H3. The summed E-state index contributed by atoms with van der Waals surface area (Å²) in [5, 5.41) is 8.34. The highest BCUT2D eigenvalue weighted by atomic mass is 32.2. The fourth-order valence-corrected chi connectivity index (χ4v) is 5.27. The molecule has 1 aromatic heterocycles. The molecule has 2 aliphatic rings. The van der Waals surface area contributed by atoms with Gasteiger partial charge in [0.15, 0.2) is 5.78 Å². The van der Waals surface area contributed by atoms with E-state index in [0.717, 1.165) is 12.8 Å². The molecule has 0 spiro atoms. The zero-order valence-corrected chi connectivity index (χ0v) is 18.1. The normalized spacial score (nSPS) is 17.8. The summed E-state index contributed by atoms with van der Waals surface area (Å²) >= 11 is 1.20. The SMILES string of the molecule is CC(=O)c1ccc(S(=O)(=O)N2CCN(C(=O)CSc3nnc(C4CC4)o3)CC2)cc1. The number of piperazine rings is 1. The first-order chi connectivity index (χ1) is 14.3. The number of amides is 1. The number of nitrogens with zero attached hydrogens (tertiary/aromatic N) is 4. The Bertz CT molecular complexity index is 1040. The molecule has 0 bridgehead atoms. The van der Waals surface area contributed by atoms with Gasteiger partial charge in [-0.25, -0.2) is 8.42 Å². The molecule has 4 rings (SSSR count). The molecule has 9 nitrogen and oxygen atoms in total. The fourth-order valence-electron chi connectivity index (χ4n) is 3.18. The second kappa shape index (κ2) is 8.48. The second-order valence-electron chi connectivity index (χ2n) is 7.33. The summed E-state index contributed by atoms with van der Waals surface area (Å²) in [6, 6.07) is 5.91. The number of ketones is 1. The van der Waals surface area contributed by atoms with Crippen LogP contribution in [0.4, 0.5) is 0 Å². The Balaban J connectivity index is 1.29. The molecule has 0 N–H and O–H groups in total. The number of thioether (sulfide) groups is 1. The third-order valence-corrected chi connectivity index (χ3v) is 7.87. The lowest BCUT2D eigenvalue weighted by molar-refractivity contribution is -0.129. The van der Waals surface area contributed by atoms with Crippen molar-refractivity contribution in [2.24, 2.45) is 0 Å². The van der Waals surface area contributed by atoms with E-state index in [4.69, 9.17) is 4.42 Å². The summed E-state index contributed by atoms with van der Waals surface area (Å²) in [6.07, 6.45) is 2.14. The second-order valence-corrected chi connectivity index (χ2v) is 10.2. The van der Waals surface area contributed by atoms with Crippen LogP contribution in [0.25, 0.3) is 0 Å². The first-order valence-electron chi connectivity index (χ1n) is 9.70. The van der Waals surface area contributed by atoms with E-state index < -0.39 is 10.0 Å². The minimum atomic E-state index is -3.66. The number of hydrogen-bond donors (Lipinski definition) is 0.